The van der Waals surface area contributed by atoms with Crippen LogP contribution in [0.25, 0.3) is 10.8 Å². The van der Waals surface area contributed by atoms with Crippen LogP contribution in [0.4, 0.5) is 8.78 Å². The van der Waals surface area contributed by atoms with Gasteiger partial charge in [-0.15, -0.1) is 0 Å². The van der Waals surface area contributed by atoms with Gasteiger partial charge in [-0.2, -0.15) is 0 Å². The summed E-state index contributed by atoms with van der Waals surface area (Å²) >= 11 is 0. The number of fused-ring (bicyclic) bond motifs is 1. The van der Waals surface area contributed by atoms with Crippen molar-refractivity contribution in [1.29, 1.82) is 0 Å². The predicted octanol–water partition coefficient (Wildman–Crippen LogP) is 2.67. The van der Waals surface area contributed by atoms with Gasteiger partial charge < -0.3 is 15.6 Å². The van der Waals surface area contributed by atoms with Crippen molar-refractivity contribution in [2.75, 3.05) is 13.6 Å². The Labute approximate surface area is 201 Å². The van der Waals surface area contributed by atoms with Gasteiger partial charge in [0.2, 0.25) is 5.91 Å². The highest BCUT2D eigenvalue weighted by Crippen LogP contribution is 2.19. The molecule has 3 aromatic carbocycles. The lowest BCUT2D eigenvalue weighted by molar-refractivity contribution is -0.130. The van der Waals surface area contributed by atoms with Crippen LogP contribution in [0.3, 0.4) is 0 Å². The molecule has 0 saturated heterocycles. The average Bonchev–Trinajstić information content (AvgIpc) is 2.84. The van der Waals surface area contributed by atoms with Crippen molar-refractivity contribution in [2.45, 2.75) is 18.9 Å². The maximum atomic E-state index is 13.5. The lowest BCUT2D eigenvalue weighted by Crippen LogP contribution is -2.42. The van der Waals surface area contributed by atoms with Crippen molar-refractivity contribution < 1.29 is 23.6 Å². The fraction of sp³-hybridized carbons (Fsp3) is 0.200. The Kier molecular flexibility index (Phi) is 8.34. The Morgan fingerprint density at radius 2 is 1.77 bits per heavy atom. The third-order valence-corrected chi connectivity index (χ3v) is 5.50. The minimum absolute atomic E-state index is 0.0300. The number of carbonyl (C=O) groups is 2. The fourth-order valence-electron chi connectivity index (χ4n) is 3.71. The van der Waals surface area contributed by atoms with E-state index in [2.05, 4.69) is 0 Å². The number of amides is 2. The Hall–Kier alpha value is -4.02. The van der Waals surface area contributed by atoms with E-state index >= 15 is 0 Å². The zero-order chi connectivity index (χ0) is 25.5. The highest BCUT2D eigenvalue weighted by Gasteiger charge is 2.20. The molecule has 184 valence electrons. The van der Waals surface area contributed by atoms with Gasteiger partial charge in [-0.25, -0.2) is 20.1 Å². The van der Waals surface area contributed by atoms with E-state index in [-0.39, 0.29) is 24.2 Å². The van der Waals surface area contributed by atoms with Crippen LogP contribution in [-0.4, -0.2) is 46.6 Å². The quantitative estimate of drug-likeness (QED) is 0.211. The molecule has 0 heterocycles. The third kappa shape index (κ3) is 6.75. The number of hydrazine groups is 1. The summed E-state index contributed by atoms with van der Waals surface area (Å²) in [4.78, 5) is 25.6. The molecule has 0 aliphatic carbocycles. The second kappa shape index (κ2) is 11.4. The van der Waals surface area contributed by atoms with Crippen LogP contribution in [0.5, 0.6) is 0 Å². The zero-order valence-corrected chi connectivity index (χ0v) is 19.1. The average molecular weight is 484 g/mol. The van der Waals surface area contributed by atoms with E-state index < -0.39 is 29.5 Å². The maximum Gasteiger partial charge on any atom is 0.254 e. The molecule has 0 aromatic heterocycles. The first-order chi connectivity index (χ1) is 16.7. The monoisotopic (exact) mass is 483 g/mol. The number of rotatable bonds is 9. The van der Waals surface area contributed by atoms with E-state index in [9.17, 15) is 18.4 Å². The Bertz CT molecular complexity index is 1250. The second-order valence-electron chi connectivity index (χ2n) is 8.22. The Balaban J connectivity index is 1.73. The van der Waals surface area contributed by atoms with Gasteiger partial charge in [0.05, 0.1) is 19.0 Å². The smallest absolute Gasteiger partial charge is 0.254 e. The Morgan fingerprint density at radius 1 is 1.06 bits per heavy atom. The van der Waals surface area contributed by atoms with Gasteiger partial charge in [-0.3, -0.25) is 14.8 Å². The minimum atomic E-state index is -1.13. The lowest BCUT2D eigenvalue weighted by Gasteiger charge is -2.27. The summed E-state index contributed by atoms with van der Waals surface area (Å²) in [5, 5.41) is 12.4. The number of benzene rings is 3. The highest BCUT2D eigenvalue weighted by molar-refractivity contribution is 5.94. The summed E-state index contributed by atoms with van der Waals surface area (Å²) in [5.41, 5.74) is 8.77. The fourth-order valence-corrected chi connectivity index (χ4v) is 3.71. The van der Waals surface area contributed by atoms with Crippen LogP contribution in [0, 0.1) is 11.6 Å². The van der Waals surface area contributed by atoms with Crippen LogP contribution in [0.15, 0.2) is 72.6 Å². The van der Waals surface area contributed by atoms with Gasteiger partial charge in [0.1, 0.15) is 0 Å². The number of carbonyl (C=O) groups excluding carboxylic acids is 2. The molecular weight excluding hydrogens is 456 g/mol. The summed E-state index contributed by atoms with van der Waals surface area (Å²) in [6, 6.07) is 16.1. The number of nitrogens with two attached hydrogens (primary N) is 2. The minimum Gasteiger partial charge on any atom is -0.399 e. The molecule has 2 amide bonds. The summed E-state index contributed by atoms with van der Waals surface area (Å²) in [6.45, 7) is -0.0551. The van der Waals surface area contributed by atoms with Gasteiger partial charge in [-0.1, -0.05) is 42.5 Å². The topological polar surface area (TPSA) is 125 Å². The van der Waals surface area contributed by atoms with E-state index in [0.29, 0.717) is 6.42 Å². The van der Waals surface area contributed by atoms with Crippen LogP contribution in [0.2, 0.25) is 0 Å². The standard InChI is InChI=1S/C25H27F2N5O3/c1-31(25(34)19-8-9-22(26)23(27)12-19)14-20(28)15-32(29)21(13-24(33)30-35)11-16-6-7-17-4-2-3-5-18(17)10-16/h2-10,12,15,21,35H,11,13-14,28-29H2,1H3,(H,30,33)/b20-15-. The molecule has 1 unspecified atom stereocenters. The van der Waals surface area contributed by atoms with Crippen LogP contribution >= 0.6 is 0 Å². The number of hydrogen-bond donors (Lipinski definition) is 4. The van der Waals surface area contributed by atoms with E-state index in [0.717, 1.165) is 28.5 Å². The van der Waals surface area contributed by atoms with Gasteiger partial charge in [-0.05, 0) is 41.0 Å². The highest BCUT2D eigenvalue weighted by atomic mass is 19.2. The zero-order valence-electron chi connectivity index (χ0n) is 19.1. The molecule has 0 saturated carbocycles. The first-order valence-electron chi connectivity index (χ1n) is 10.8. The van der Waals surface area contributed by atoms with E-state index in [4.69, 9.17) is 16.8 Å². The molecule has 0 radical (unpaired) electrons. The molecule has 1 atom stereocenters. The molecule has 0 fully saturated rings. The van der Waals surface area contributed by atoms with E-state index in [1.165, 1.54) is 29.2 Å². The van der Waals surface area contributed by atoms with Gasteiger partial charge in [0.25, 0.3) is 5.91 Å². The normalized spacial score (nSPS) is 12.3. The second-order valence-corrected chi connectivity index (χ2v) is 8.22. The van der Waals surface area contributed by atoms with Crippen molar-refractivity contribution in [3.63, 3.8) is 0 Å². The summed E-state index contributed by atoms with van der Waals surface area (Å²) in [6.07, 6.45) is 1.65. The van der Waals surface area contributed by atoms with Crippen molar-refractivity contribution in [3.8, 4) is 0 Å². The molecule has 3 aromatic rings. The maximum absolute atomic E-state index is 13.5. The van der Waals surface area contributed by atoms with E-state index in [1.807, 2.05) is 42.5 Å². The molecular formula is C25H27F2N5O3. The predicted molar refractivity (Wildman–Crippen MR) is 128 cm³/mol. The molecule has 0 spiro atoms. The molecule has 0 aliphatic rings. The molecule has 10 heteroatoms. The largest absolute Gasteiger partial charge is 0.399 e. The van der Waals surface area contributed by atoms with Gasteiger partial charge in [0.15, 0.2) is 11.6 Å². The molecule has 0 bridgehead atoms. The van der Waals surface area contributed by atoms with E-state index in [1.54, 1.807) is 5.48 Å². The number of hydroxylamine groups is 1. The molecule has 3 rings (SSSR count). The molecule has 35 heavy (non-hydrogen) atoms. The number of likely N-dealkylation sites (N-methyl/N-ethyl adjacent to an activating group) is 1. The summed E-state index contributed by atoms with van der Waals surface area (Å²) in [5.74, 6) is 2.85. The number of nitrogens with one attached hydrogen (secondary N) is 1. The number of nitrogens with zero attached hydrogens (tertiary/aromatic N) is 2. The third-order valence-electron chi connectivity index (χ3n) is 5.50. The van der Waals surface area contributed by atoms with Crippen molar-refractivity contribution >= 4 is 22.6 Å². The number of halogens is 2. The first kappa shape index (κ1) is 25.6. The SMILES string of the molecule is CN(C/C(N)=C/N(N)C(CC(=O)NO)Cc1ccc2ccccc2c1)C(=O)c1ccc(F)c(F)c1. The van der Waals surface area contributed by atoms with Crippen LogP contribution < -0.4 is 17.1 Å². The molecule has 6 N–H and O–H groups in total. The molecule has 8 nitrogen and oxygen atoms in total. The summed E-state index contributed by atoms with van der Waals surface area (Å²) in [7, 11) is 1.46. The first-order valence-corrected chi connectivity index (χ1v) is 10.8. The van der Waals surface area contributed by atoms with Crippen LogP contribution in [0.1, 0.15) is 22.3 Å². The Morgan fingerprint density at radius 3 is 2.46 bits per heavy atom. The van der Waals surface area contributed by atoms with Gasteiger partial charge in [0, 0.05) is 24.5 Å². The lowest BCUT2D eigenvalue weighted by atomic mass is 9.99. The van der Waals surface area contributed by atoms with Crippen molar-refractivity contribution in [2.24, 2.45) is 11.6 Å². The van der Waals surface area contributed by atoms with Crippen molar-refractivity contribution in [1.82, 2.24) is 15.4 Å². The summed E-state index contributed by atoms with van der Waals surface area (Å²) < 4.78 is 26.6. The van der Waals surface area contributed by atoms with Crippen LogP contribution in [-0.2, 0) is 11.2 Å². The van der Waals surface area contributed by atoms with Gasteiger partial charge >= 0.3 is 0 Å². The number of hydrogen-bond acceptors (Lipinski definition) is 6. The van der Waals surface area contributed by atoms with Crippen molar-refractivity contribution in [3.05, 3.63) is 95.3 Å². The molecule has 0 aliphatic heterocycles.